The summed E-state index contributed by atoms with van der Waals surface area (Å²) < 4.78 is 5.15. The quantitative estimate of drug-likeness (QED) is 0.127. The maximum Gasteiger partial charge on any atom is 0.0620 e. The molecular weight excluding hydrogens is 1260 g/mol. The molecule has 0 aliphatic rings. The predicted octanol–water partition coefficient (Wildman–Crippen LogP) is 29.5. The van der Waals surface area contributed by atoms with Crippen LogP contribution in [0, 0.1) is 0 Å². The molecule has 0 aliphatic carbocycles. The van der Waals surface area contributed by atoms with E-state index in [2.05, 4.69) is 330 Å². The van der Waals surface area contributed by atoms with Gasteiger partial charge in [0.1, 0.15) is 0 Å². The van der Waals surface area contributed by atoms with Crippen molar-refractivity contribution in [3.63, 3.8) is 0 Å². The van der Waals surface area contributed by atoms with E-state index >= 15 is 0 Å². The SMILES string of the molecule is CC(C)c1cccc(C(C)C)c1-c1ccc(-c2c(C(C)C)cc(-c3cc4c5cc6ccccc6cc5n5c6cc7ccc(-c8ccc9cc%10c(cc9c8)c8cc(-c9ccc%11ccc%12cccc%13ccc9c%11c%12%13)cc9c%11cc%12ccccc%12cc%11n%10c98)cc7cc6c(c3)c45)cc2C(C)C)c2cscc12. The van der Waals surface area contributed by atoms with Gasteiger partial charge in [0, 0.05) is 53.9 Å². The van der Waals surface area contributed by atoms with Crippen molar-refractivity contribution >= 4 is 174 Å². The molecule has 103 heavy (non-hydrogen) atoms. The van der Waals surface area contributed by atoms with E-state index in [0.717, 1.165) is 0 Å². The summed E-state index contributed by atoms with van der Waals surface area (Å²) in [5.74, 6) is 1.38. The van der Waals surface area contributed by atoms with Crippen LogP contribution < -0.4 is 0 Å². The fourth-order valence-corrected chi connectivity index (χ4v) is 19.9. The van der Waals surface area contributed by atoms with Gasteiger partial charge in [0.15, 0.2) is 0 Å². The molecule has 17 aromatic carbocycles. The number of aromatic nitrogens is 2. The Morgan fingerprint density at radius 3 is 1.04 bits per heavy atom. The highest BCUT2D eigenvalue weighted by molar-refractivity contribution is 7.09. The molecule has 0 bridgehead atoms. The van der Waals surface area contributed by atoms with Gasteiger partial charge >= 0.3 is 0 Å². The Bertz CT molecular complexity index is 7350. The van der Waals surface area contributed by atoms with Gasteiger partial charge in [-0.3, -0.25) is 0 Å². The van der Waals surface area contributed by atoms with E-state index in [0.29, 0.717) is 11.8 Å². The topological polar surface area (TPSA) is 8.82 Å². The molecule has 22 aromatic rings. The third kappa shape index (κ3) is 8.37. The van der Waals surface area contributed by atoms with Crippen molar-refractivity contribution in [2.24, 2.45) is 0 Å². The zero-order valence-corrected chi connectivity index (χ0v) is 59.8. The fraction of sp³-hybridized carbons (Fsp3) is 0.120. The molecule has 5 aromatic heterocycles. The standard InChI is InChI=1S/C100H72N2S/c1-53(2)73-21-14-22-74(54(3)4)97(73)77-33-34-78(90-52-103-51-89(77)90)98-79(55(5)6)39-70(40-80(98)56(7)8)71-43-85-81-37-60-15-9-11-17-62(60)47-91(81)101-93-49-66-27-25-64(35-68(66)41-83(93)86(44-71)99(85)101)65-26-28-67-50-94-84(42-69(67)36-65)88-46-72(45-87-82-38-61-16-10-12-18-63(61)48-92(82)102(94)100(87)88)75-31-29-59-24-23-57-19-13-20-58-30-32-76(75)96(59)95(57)58/h9-56H,1-8H3. The molecule has 488 valence electrons. The third-order valence-electron chi connectivity index (χ3n) is 23.9. The lowest BCUT2D eigenvalue weighted by atomic mass is 9.79. The maximum atomic E-state index is 2.58. The van der Waals surface area contributed by atoms with Gasteiger partial charge < -0.3 is 8.80 Å². The molecule has 0 radical (unpaired) electrons. The summed E-state index contributed by atoms with van der Waals surface area (Å²) in [6.07, 6.45) is 0. The van der Waals surface area contributed by atoms with Crippen LogP contribution in [0.1, 0.15) is 101 Å². The zero-order valence-electron chi connectivity index (χ0n) is 59.0. The molecule has 0 saturated heterocycles. The molecule has 0 fully saturated rings. The third-order valence-corrected chi connectivity index (χ3v) is 24.7. The number of benzene rings is 17. The second kappa shape index (κ2) is 21.5. The molecule has 0 spiro atoms. The Morgan fingerprint density at radius 2 is 0.573 bits per heavy atom. The molecule has 22 rings (SSSR count). The molecule has 0 amide bonds. The highest BCUT2D eigenvalue weighted by atomic mass is 32.1. The predicted molar refractivity (Wildman–Crippen MR) is 448 cm³/mol. The van der Waals surface area contributed by atoms with Crippen LogP contribution in [0.25, 0.3) is 218 Å². The van der Waals surface area contributed by atoms with E-state index in [1.165, 1.54) is 240 Å². The number of hydrogen-bond acceptors (Lipinski definition) is 1. The Kier molecular flexibility index (Phi) is 12.3. The number of rotatable bonds is 9. The van der Waals surface area contributed by atoms with Crippen molar-refractivity contribution < 1.29 is 0 Å². The van der Waals surface area contributed by atoms with E-state index in [1.807, 2.05) is 11.3 Å². The molecule has 0 unspecified atom stereocenters. The van der Waals surface area contributed by atoms with Crippen LogP contribution in [-0.2, 0) is 0 Å². The van der Waals surface area contributed by atoms with Crippen molar-refractivity contribution in [1.82, 2.24) is 8.80 Å². The van der Waals surface area contributed by atoms with Crippen molar-refractivity contribution in [3.05, 3.63) is 288 Å². The first-order valence-electron chi connectivity index (χ1n) is 37.0. The summed E-state index contributed by atoms with van der Waals surface area (Å²) >= 11 is 1.83. The van der Waals surface area contributed by atoms with Crippen LogP contribution in [-0.4, -0.2) is 8.80 Å². The summed E-state index contributed by atoms with van der Waals surface area (Å²) in [7, 11) is 0. The molecule has 0 N–H and O–H groups in total. The van der Waals surface area contributed by atoms with Gasteiger partial charge in [0.25, 0.3) is 0 Å². The fourth-order valence-electron chi connectivity index (χ4n) is 19.0. The normalized spacial score (nSPS) is 12.8. The van der Waals surface area contributed by atoms with Crippen LogP contribution in [0.15, 0.2) is 266 Å². The van der Waals surface area contributed by atoms with Gasteiger partial charge in [-0.15, -0.1) is 0 Å². The number of fused-ring (bicyclic) bond motifs is 17. The van der Waals surface area contributed by atoms with Crippen molar-refractivity contribution in [1.29, 1.82) is 0 Å². The molecule has 3 heteroatoms. The molecule has 5 heterocycles. The first-order chi connectivity index (χ1) is 50.3. The van der Waals surface area contributed by atoms with E-state index < -0.39 is 0 Å². The average molecular weight is 1330 g/mol. The molecule has 0 atom stereocenters. The van der Waals surface area contributed by atoms with Gasteiger partial charge in [-0.25, -0.2) is 0 Å². The van der Waals surface area contributed by atoms with Crippen LogP contribution in [0.3, 0.4) is 0 Å². The van der Waals surface area contributed by atoms with Gasteiger partial charge in [-0.1, -0.05) is 225 Å². The largest absolute Gasteiger partial charge is 0.308 e. The van der Waals surface area contributed by atoms with Gasteiger partial charge in [0.2, 0.25) is 0 Å². The highest BCUT2D eigenvalue weighted by Gasteiger charge is 2.28. The van der Waals surface area contributed by atoms with Crippen LogP contribution in [0.2, 0.25) is 0 Å². The smallest absolute Gasteiger partial charge is 0.0620 e. The van der Waals surface area contributed by atoms with E-state index in [-0.39, 0.29) is 11.8 Å². The van der Waals surface area contributed by atoms with E-state index in [9.17, 15) is 0 Å². The second-order valence-electron chi connectivity index (χ2n) is 31.1. The van der Waals surface area contributed by atoms with Gasteiger partial charge in [-0.05, 0) is 273 Å². The molecular formula is C100H72N2S. The van der Waals surface area contributed by atoms with Crippen molar-refractivity contribution in [2.75, 3.05) is 0 Å². The lowest BCUT2D eigenvalue weighted by Crippen LogP contribution is -2.03. The minimum atomic E-state index is 0.280. The Balaban J connectivity index is 0.711. The lowest BCUT2D eigenvalue weighted by Gasteiger charge is -2.24. The van der Waals surface area contributed by atoms with Crippen LogP contribution >= 0.6 is 11.3 Å². The Morgan fingerprint density at radius 1 is 0.223 bits per heavy atom. The zero-order chi connectivity index (χ0) is 68.7. The highest BCUT2D eigenvalue weighted by Crippen LogP contribution is 2.52. The average Bonchev–Trinajstić information content (AvgIpc) is 1.55. The minimum Gasteiger partial charge on any atom is -0.308 e. The monoisotopic (exact) mass is 1330 g/mol. The molecule has 0 saturated carbocycles. The summed E-state index contributed by atoms with van der Waals surface area (Å²) in [5, 5.41) is 35.6. The van der Waals surface area contributed by atoms with E-state index in [4.69, 9.17) is 0 Å². The molecule has 0 aliphatic heterocycles. The summed E-state index contributed by atoms with van der Waals surface area (Å²) in [6.45, 7) is 19.0. The van der Waals surface area contributed by atoms with Crippen molar-refractivity contribution in [2.45, 2.75) is 79.1 Å². The van der Waals surface area contributed by atoms with Crippen LogP contribution in [0.5, 0.6) is 0 Å². The first kappa shape index (κ1) is 59.1. The minimum absolute atomic E-state index is 0.280. The lowest BCUT2D eigenvalue weighted by molar-refractivity contribution is 0.838. The summed E-state index contributed by atoms with van der Waals surface area (Å²) in [5.41, 5.74) is 26.2. The Labute approximate surface area is 600 Å². The second-order valence-corrected chi connectivity index (χ2v) is 31.8. The maximum absolute atomic E-state index is 2.58. The number of nitrogens with zero attached hydrogens (tertiary/aromatic N) is 2. The van der Waals surface area contributed by atoms with Crippen molar-refractivity contribution in [3.8, 4) is 55.6 Å². The van der Waals surface area contributed by atoms with E-state index in [1.54, 1.807) is 0 Å². The first-order valence-corrected chi connectivity index (χ1v) is 38.0. The molecule has 2 nitrogen and oxygen atoms in total. The Hall–Kier alpha value is -11.6. The number of thiophene rings is 1. The van der Waals surface area contributed by atoms with Gasteiger partial charge in [-0.2, -0.15) is 11.3 Å². The van der Waals surface area contributed by atoms with Crippen LogP contribution in [0.4, 0.5) is 0 Å². The van der Waals surface area contributed by atoms with Gasteiger partial charge in [0.05, 0.1) is 33.1 Å². The summed E-state index contributed by atoms with van der Waals surface area (Å²) in [6, 6.07) is 99.4. The number of hydrogen-bond donors (Lipinski definition) is 0. The summed E-state index contributed by atoms with van der Waals surface area (Å²) in [4.78, 5) is 0.